The molecule has 7 heteroatoms. The van der Waals surface area contributed by atoms with Gasteiger partial charge < -0.3 is 16.4 Å². The highest BCUT2D eigenvalue weighted by atomic mass is 35.5. The van der Waals surface area contributed by atoms with E-state index in [1.807, 2.05) is 0 Å². The number of nitrogens with zero attached hydrogens (tertiary/aromatic N) is 1. The Bertz CT molecular complexity index is 528. The van der Waals surface area contributed by atoms with E-state index in [2.05, 4.69) is 15.5 Å². The van der Waals surface area contributed by atoms with Crippen LogP contribution in [0, 0.1) is 0 Å². The Balaban J connectivity index is 1.98. The van der Waals surface area contributed by atoms with E-state index in [0.29, 0.717) is 22.8 Å². The van der Waals surface area contributed by atoms with E-state index in [9.17, 15) is 9.59 Å². The minimum Gasteiger partial charge on any atom is -0.366 e. The van der Waals surface area contributed by atoms with Crippen molar-refractivity contribution in [3.8, 4) is 0 Å². The highest BCUT2D eigenvalue weighted by Crippen LogP contribution is 2.22. The van der Waals surface area contributed by atoms with Gasteiger partial charge in [0.1, 0.15) is 0 Å². The summed E-state index contributed by atoms with van der Waals surface area (Å²) < 4.78 is 0. The molecule has 0 radical (unpaired) electrons. The molecular formula is C14H19ClN4O2. The topological polar surface area (TPSA) is 87.5 Å². The Labute approximate surface area is 128 Å². The van der Waals surface area contributed by atoms with Crippen molar-refractivity contribution in [2.75, 3.05) is 38.0 Å². The Morgan fingerprint density at radius 1 is 1.33 bits per heavy atom. The minimum atomic E-state index is -0.555. The number of amides is 2. The summed E-state index contributed by atoms with van der Waals surface area (Å²) in [4.78, 5) is 25.3. The molecule has 1 aromatic carbocycles. The molecule has 1 aliphatic rings. The van der Waals surface area contributed by atoms with Gasteiger partial charge in [0.15, 0.2) is 0 Å². The van der Waals surface area contributed by atoms with E-state index in [-0.39, 0.29) is 5.91 Å². The SMILES string of the molecule is NC(=O)c1ccc(Cl)c(NC(=O)CN2CCCNCC2)c1. The first-order valence-electron chi connectivity index (χ1n) is 6.88. The molecule has 114 valence electrons. The molecule has 1 heterocycles. The lowest BCUT2D eigenvalue weighted by molar-refractivity contribution is -0.117. The third-order valence-corrected chi connectivity index (χ3v) is 3.65. The number of nitrogens with two attached hydrogens (primary N) is 1. The quantitative estimate of drug-likeness (QED) is 0.763. The first kappa shape index (κ1) is 15.8. The van der Waals surface area contributed by atoms with Crippen LogP contribution in [0.4, 0.5) is 5.69 Å². The number of benzene rings is 1. The van der Waals surface area contributed by atoms with E-state index in [0.717, 1.165) is 32.6 Å². The molecule has 0 saturated carbocycles. The predicted molar refractivity (Wildman–Crippen MR) is 82.5 cm³/mol. The van der Waals surface area contributed by atoms with Crippen LogP contribution in [0.15, 0.2) is 18.2 Å². The van der Waals surface area contributed by atoms with Crippen molar-refractivity contribution in [2.45, 2.75) is 6.42 Å². The third kappa shape index (κ3) is 4.70. The van der Waals surface area contributed by atoms with Crippen LogP contribution in [0.25, 0.3) is 0 Å². The van der Waals surface area contributed by atoms with E-state index in [4.69, 9.17) is 17.3 Å². The van der Waals surface area contributed by atoms with Gasteiger partial charge in [0.2, 0.25) is 11.8 Å². The Hall–Kier alpha value is -1.63. The molecule has 6 nitrogen and oxygen atoms in total. The zero-order valence-corrected chi connectivity index (χ0v) is 12.4. The average Bonchev–Trinajstić information content (AvgIpc) is 2.69. The molecule has 0 unspecified atom stereocenters. The van der Waals surface area contributed by atoms with Gasteiger partial charge in [0.05, 0.1) is 17.3 Å². The second-order valence-corrected chi connectivity index (χ2v) is 5.39. The van der Waals surface area contributed by atoms with Crippen LogP contribution >= 0.6 is 11.6 Å². The summed E-state index contributed by atoms with van der Waals surface area (Å²) in [5.41, 5.74) is 5.94. The Morgan fingerprint density at radius 2 is 2.14 bits per heavy atom. The molecular weight excluding hydrogens is 292 g/mol. The smallest absolute Gasteiger partial charge is 0.248 e. The van der Waals surface area contributed by atoms with Gasteiger partial charge in [-0.2, -0.15) is 0 Å². The third-order valence-electron chi connectivity index (χ3n) is 3.32. The van der Waals surface area contributed by atoms with Gasteiger partial charge in [0, 0.05) is 18.7 Å². The first-order chi connectivity index (χ1) is 10.1. The first-order valence-corrected chi connectivity index (χ1v) is 7.26. The van der Waals surface area contributed by atoms with Gasteiger partial charge in [-0.3, -0.25) is 14.5 Å². The van der Waals surface area contributed by atoms with E-state index in [1.54, 1.807) is 6.07 Å². The maximum Gasteiger partial charge on any atom is 0.248 e. The fourth-order valence-corrected chi connectivity index (χ4v) is 2.39. The van der Waals surface area contributed by atoms with Crippen LogP contribution in [0.2, 0.25) is 5.02 Å². The number of anilines is 1. The molecule has 0 atom stereocenters. The number of rotatable bonds is 4. The van der Waals surface area contributed by atoms with Gasteiger partial charge in [-0.1, -0.05) is 11.6 Å². The van der Waals surface area contributed by atoms with Crippen LogP contribution in [0.5, 0.6) is 0 Å². The van der Waals surface area contributed by atoms with Crippen molar-refractivity contribution in [1.29, 1.82) is 0 Å². The molecule has 1 aliphatic heterocycles. The maximum absolute atomic E-state index is 12.1. The van der Waals surface area contributed by atoms with Gasteiger partial charge in [-0.15, -0.1) is 0 Å². The molecule has 1 aromatic rings. The zero-order valence-electron chi connectivity index (χ0n) is 11.7. The standard InChI is InChI=1S/C14H19ClN4O2/c15-11-3-2-10(14(16)21)8-12(11)18-13(20)9-19-6-1-4-17-5-7-19/h2-3,8,17H,1,4-7,9H2,(H2,16,21)(H,18,20). The minimum absolute atomic E-state index is 0.152. The number of hydrogen-bond acceptors (Lipinski definition) is 4. The lowest BCUT2D eigenvalue weighted by atomic mass is 10.2. The fourth-order valence-electron chi connectivity index (χ4n) is 2.23. The Morgan fingerprint density at radius 3 is 2.90 bits per heavy atom. The van der Waals surface area contributed by atoms with Crippen molar-refractivity contribution < 1.29 is 9.59 Å². The van der Waals surface area contributed by atoms with Crippen molar-refractivity contribution in [3.63, 3.8) is 0 Å². The normalized spacial score (nSPS) is 16.2. The molecule has 0 spiro atoms. The van der Waals surface area contributed by atoms with E-state index in [1.165, 1.54) is 12.1 Å². The summed E-state index contributed by atoms with van der Waals surface area (Å²) in [5.74, 6) is -0.707. The van der Waals surface area contributed by atoms with Gasteiger partial charge >= 0.3 is 0 Å². The molecule has 21 heavy (non-hydrogen) atoms. The number of hydrogen-bond donors (Lipinski definition) is 3. The van der Waals surface area contributed by atoms with Gasteiger partial charge in [-0.05, 0) is 37.7 Å². The van der Waals surface area contributed by atoms with Crippen LogP contribution < -0.4 is 16.4 Å². The number of primary amides is 1. The summed E-state index contributed by atoms with van der Waals surface area (Å²) in [5, 5.41) is 6.40. The molecule has 0 bridgehead atoms. The van der Waals surface area contributed by atoms with Crippen LogP contribution in [0.1, 0.15) is 16.8 Å². The lowest BCUT2D eigenvalue weighted by Gasteiger charge is -2.19. The van der Waals surface area contributed by atoms with Crippen LogP contribution in [-0.2, 0) is 4.79 Å². The molecule has 1 fully saturated rings. The zero-order chi connectivity index (χ0) is 15.2. The second kappa shape index (κ2) is 7.40. The summed E-state index contributed by atoms with van der Waals surface area (Å²) >= 11 is 6.02. The summed E-state index contributed by atoms with van der Waals surface area (Å²) in [6, 6.07) is 4.57. The number of nitrogens with one attached hydrogen (secondary N) is 2. The number of halogens is 1. The van der Waals surface area contributed by atoms with Crippen molar-refractivity contribution in [1.82, 2.24) is 10.2 Å². The second-order valence-electron chi connectivity index (χ2n) is 4.99. The number of carbonyl (C=O) groups excluding carboxylic acids is 2. The monoisotopic (exact) mass is 310 g/mol. The summed E-state index contributed by atoms with van der Waals surface area (Å²) in [6.45, 7) is 3.88. The van der Waals surface area contributed by atoms with Gasteiger partial charge in [-0.25, -0.2) is 0 Å². The molecule has 2 amide bonds. The number of carbonyl (C=O) groups is 2. The van der Waals surface area contributed by atoms with Crippen molar-refractivity contribution >= 4 is 29.1 Å². The highest BCUT2D eigenvalue weighted by molar-refractivity contribution is 6.33. The molecule has 4 N–H and O–H groups in total. The highest BCUT2D eigenvalue weighted by Gasteiger charge is 2.14. The van der Waals surface area contributed by atoms with E-state index < -0.39 is 5.91 Å². The van der Waals surface area contributed by atoms with E-state index >= 15 is 0 Å². The maximum atomic E-state index is 12.1. The molecule has 1 saturated heterocycles. The van der Waals surface area contributed by atoms with Gasteiger partial charge in [0.25, 0.3) is 0 Å². The predicted octanol–water partition coefficient (Wildman–Crippen LogP) is 0.673. The average molecular weight is 311 g/mol. The molecule has 0 aromatic heterocycles. The fraction of sp³-hybridized carbons (Fsp3) is 0.429. The van der Waals surface area contributed by atoms with Crippen LogP contribution in [-0.4, -0.2) is 49.4 Å². The van der Waals surface area contributed by atoms with Crippen molar-refractivity contribution in [2.24, 2.45) is 5.73 Å². The summed E-state index contributed by atoms with van der Waals surface area (Å²) in [7, 11) is 0. The Kier molecular flexibility index (Phi) is 5.55. The van der Waals surface area contributed by atoms with Crippen LogP contribution in [0.3, 0.4) is 0 Å². The molecule has 2 rings (SSSR count). The molecule has 0 aliphatic carbocycles. The lowest BCUT2D eigenvalue weighted by Crippen LogP contribution is -2.35. The van der Waals surface area contributed by atoms with Crippen molar-refractivity contribution in [3.05, 3.63) is 28.8 Å². The summed E-state index contributed by atoms with van der Waals surface area (Å²) in [6.07, 6.45) is 1.02. The largest absolute Gasteiger partial charge is 0.366 e.